The smallest absolute Gasteiger partial charge is 0.410 e. The molecule has 0 atom stereocenters. The number of carbonyl (C=O) groups is 1. The molecule has 2 fully saturated rings. The minimum absolute atomic E-state index is 0.219. The lowest BCUT2D eigenvalue weighted by atomic mass is 10.1. The molecule has 126 valence electrons. The van der Waals surface area contributed by atoms with E-state index >= 15 is 0 Å². The van der Waals surface area contributed by atoms with Crippen molar-refractivity contribution in [2.75, 3.05) is 31.1 Å². The Balaban J connectivity index is 1.64. The van der Waals surface area contributed by atoms with Crippen LogP contribution in [0.5, 0.6) is 0 Å². The number of halogens is 1. The van der Waals surface area contributed by atoms with Crippen LogP contribution in [0.2, 0.25) is 0 Å². The number of hydrogen-bond donors (Lipinski definition) is 0. The average Bonchev–Trinajstić information content (AvgIpc) is 3.30. The lowest BCUT2D eigenvalue weighted by Crippen LogP contribution is -2.50. The number of aromatic nitrogens is 1. The number of nitrogens with zero attached hydrogens (tertiary/aromatic N) is 3. The molecule has 0 radical (unpaired) electrons. The van der Waals surface area contributed by atoms with Gasteiger partial charge in [0.25, 0.3) is 0 Å². The molecule has 1 aromatic heterocycles. The Hall–Kier alpha value is -1.30. The molecule has 0 bridgehead atoms. The number of piperazine rings is 1. The summed E-state index contributed by atoms with van der Waals surface area (Å²) in [5.74, 6) is 1.73. The first-order chi connectivity index (χ1) is 10.8. The summed E-state index contributed by atoms with van der Waals surface area (Å²) in [4.78, 5) is 20.9. The number of carbonyl (C=O) groups excluding carboxylic acids is 1. The molecule has 0 N–H and O–H groups in total. The second-order valence-electron chi connectivity index (χ2n) is 7.30. The summed E-state index contributed by atoms with van der Waals surface area (Å²) in [5, 5.41) is 0. The third kappa shape index (κ3) is 4.16. The third-order valence-corrected chi connectivity index (χ3v) is 4.54. The largest absolute Gasteiger partial charge is 0.444 e. The summed E-state index contributed by atoms with van der Waals surface area (Å²) in [5.41, 5.74) is 0.894. The number of amides is 1. The van der Waals surface area contributed by atoms with E-state index < -0.39 is 5.60 Å². The summed E-state index contributed by atoms with van der Waals surface area (Å²) in [6, 6.07) is 2.19. The SMILES string of the molecule is CC(C)(C)OC(=O)N1CCN(c2ncc(Br)cc2C2CC2)CC1. The van der Waals surface area contributed by atoms with Crippen molar-refractivity contribution in [2.24, 2.45) is 0 Å². The van der Waals surface area contributed by atoms with Gasteiger partial charge in [-0.1, -0.05) is 0 Å². The predicted octanol–water partition coefficient (Wildman–Crippen LogP) is 3.78. The first-order valence-corrected chi connectivity index (χ1v) is 9.01. The maximum Gasteiger partial charge on any atom is 0.410 e. The minimum atomic E-state index is -0.444. The highest BCUT2D eigenvalue weighted by Gasteiger charge is 2.31. The summed E-state index contributed by atoms with van der Waals surface area (Å²) in [6.07, 6.45) is 4.15. The van der Waals surface area contributed by atoms with Crippen LogP contribution in [0.3, 0.4) is 0 Å². The molecule has 1 aliphatic carbocycles. The molecule has 6 heteroatoms. The van der Waals surface area contributed by atoms with Crippen molar-refractivity contribution < 1.29 is 9.53 Å². The van der Waals surface area contributed by atoms with Gasteiger partial charge in [0.05, 0.1) is 0 Å². The molecule has 0 aromatic carbocycles. The van der Waals surface area contributed by atoms with Crippen LogP contribution in [-0.2, 0) is 4.74 Å². The van der Waals surface area contributed by atoms with Gasteiger partial charge in [0, 0.05) is 36.8 Å². The average molecular weight is 382 g/mol. The van der Waals surface area contributed by atoms with Crippen LogP contribution in [0, 0.1) is 0 Å². The van der Waals surface area contributed by atoms with Crippen molar-refractivity contribution in [1.82, 2.24) is 9.88 Å². The van der Waals surface area contributed by atoms with Gasteiger partial charge in [-0.05, 0) is 67.1 Å². The number of rotatable bonds is 2. The molecule has 23 heavy (non-hydrogen) atoms. The normalized spacial score (nSPS) is 19.0. The molecule has 1 aromatic rings. The molecule has 5 nitrogen and oxygen atoms in total. The van der Waals surface area contributed by atoms with E-state index in [9.17, 15) is 4.79 Å². The Morgan fingerprint density at radius 1 is 1.26 bits per heavy atom. The van der Waals surface area contributed by atoms with Gasteiger partial charge in [0.1, 0.15) is 11.4 Å². The second-order valence-corrected chi connectivity index (χ2v) is 8.21. The van der Waals surface area contributed by atoms with Crippen molar-refractivity contribution in [3.05, 3.63) is 22.3 Å². The Bertz CT molecular complexity index is 588. The molecule has 1 saturated heterocycles. The Kier molecular flexibility index (Phi) is 4.54. The molecule has 2 heterocycles. The zero-order valence-electron chi connectivity index (χ0n) is 14.0. The number of hydrogen-bond acceptors (Lipinski definition) is 4. The fourth-order valence-corrected chi connectivity index (χ4v) is 3.18. The van der Waals surface area contributed by atoms with E-state index in [1.54, 1.807) is 4.90 Å². The third-order valence-electron chi connectivity index (χ3n) is 4.11. The van der Waals surface area contributed by atoms with Crippen LogP contribution in [0.15, 0.2) is 16.7 Å². The Morgan fingerprint density at radius 3 is 2.48 bits per heavy atom. The summed E-state index contributed by atoms with van der Waals surface area (Å²) in [6.45, 7) is 8.65. The van der Waals surface area contributed by atoms with Crippen molar-refractivity contribution in [2.45, 2.75) is 45.1 Å². The molecule has 1 aliphatic heterocycles. The van der Waals surface area contributed by atoms with Crippen LogP contribution < -0.4 is 4.90 Å². The van der Waals surface area contributed by atoms with Gasteiger partial charge in [-0.25, -0.2) is 9.78 Å². The highest BCUT2D eigenvalue weighted by Crippen LogP contribution is 2.44. The van der Waals surface area contributed by atoms with E-state index in [0.717, 1.165) is 23.4 Å². The zero-order chi connectivity index (χ0) is 16.6. The molecule has 3 rings (SSSR count). The summed E-state index contributed by atoms with van der Waals surface area (Å²) in [7, 11) is 0. The van der Waals surface area contributed by atoms with Crippen molar-refractivity contribution in [3.63, 3.8) is 0 Å². The van der Waals surface area contributed by atoms with Gasteiger partial charge in [-0.3, -0.25) is 0 Å². The Morgan fingerprint density at radius 2 is 1.91 bits per heavy atom. The van der Waals surface area contributed by atoms with Crippen LogP contribution in [0.1, 0.15) is 45.1 Å². The second kappa shape index (κ2) is 6.30. The molecule has 0 spiro atoms. The fraction of sp³-hybridized carbons (Fsp3) is 0.647. The van der Waals surface area contributed by atoms with Crippen LogP contribution in [-0.4, -0.2) is 47.8 Å². The van der Waals surface area contributed by atoms with Gasteiger partial charge in [-0.15, -0.1) is 0 Å². The quantitative estimate of drug-likeness (QED) is 0.781. The van der Waals surface area contributed by atoms with Gasteiger partial charge < -0.3 is 14.5 Å². The first-order valence-electron chi connectivity index (χ1n) is 8.22. The van der Waals surface area contributed by atoms with Gasteiger partial charge in [0.15, 0.2) is 0 Å². The molecular formula is C17H24BrN3O2. The van der Waals surface area contributed by atoms with E-state index in [1.165, 1.54) is 18.4 Å². The van der Waals surface area contributed by atoms with E-state index in [0.29, 0.717) is 19.0 Å². The highest BCUT2D eigenvalue weighted by molar-refractivity contribution is 9.10. The van der Waals surface area contributed by atoms with E-state index in [1.807, 2.05) is 27.0 Å². The standard InChI is InChI=1S/C17H24BrN3O2/c1-17(2,3)23-16(22)21-8-6-20(7-9-21)15-14(12-4-5-12)10-13(18)11-19-15/h10-12H,4-9H2,1-3H3. The molecule has 1 amide bonds. The van der Waals surface area contributed by atoms with E-state index in [2.05, 4.69) is 31.9 Å². The van der Waals surface area contributed by atoms with E-state index in [4.69, 9.17) is 4.74 Å². The Labute approximate surface area is 146 Å². The van der Waals surface area contributed by atoms with Gasteiger partial charge >= 0.3 is 6.09 Å². The molecule has 1 saturated carbocycles. The van der Waals surface area contributed by atoms with Crippen LogP contribution >= 0.6 is 15.9 Å². The van der Waals surface area contributed by atoms with Crippen LogP contribution in [0.25, 0.3) is 0 Å². The molecule has 2 aliphatic rings. The first kappa shape index (κ1) is 16.6. The number of anilines is 1. The lowest BCUT2D eigenvalue weighted by molar-refractivity contribution is 0.0240. The van der Waals surface area contributed by atoms with Crippen molar-refractivity contribution in [3.8, 4) is 0 Å². The highest BCUT2D eigenvalue weighted by atomic mass is 79.9. The lowest BCUT2D eigenvalue weighted by Gasteiger charge is -2.36. The fourth-order valence-electron chi connectivity index (χ4n) is 2.83. The number of ether oxygens (including phenoxy) is 1. The topological polar surface area (TPSA) is 45.7 Å². The minimum Gasteiger partial charge on any atom is -0.444 e. The van der Waals surface area contributed by atoms with Gasteiger partial charge in [-0.2, -0.15) is 0 Å². The maximum absolute atomic E-state index is 12.2. The summed E-state index contributed by atoms with van der Waals surface area (Å²) >= 11 is 3.52. The monoisotopic (exact) mass is 381 g/mol. The van der Waals surface area contributed by atoms with Crippen LogP contribution in [0.4, 0.5) is 10.6 Å². The van der Waals surface area contributed by atoms with E-state index in [-0.39, 0.29) is 6.09 Å². The zero-order valence-corrected chi connectivity index (χ0v) is 15.6. The van der Waals surface area contributed by atoms with Gasteiger partial charge in [0.2, 0.25) is 0 Å². The summed E-state index contributed by atoms with van der Waals surface area (Å²) < 4.78 is 6.49. The molecule has 0 unspecified atom stereocenters. The molecular weight excluding hydrogens is 358 g/mol. The van der Waals surface area contributed by atoms with Crippen molar-refractivity contribution in [1.29, 1.82) is 0 Å². The predicted molar refractivity (Wildman–Crippen MR) is 93.9 cm³/mol. The van der Waals surface area contributed by atoms with Crippen molar-refractivity contribution >= 4 is 27.8 Å². The number of pyridine rings is 1. The maximum atomic E-state index is 12.2.